The average Bonchev–Trinajstić information content (AvgIpc) is 3.15. The fourth-order valence-electron chi connectivity index (χ4n) is 5.61. The molecule has 0 saturated carbocycles. The summed E-state index contributed by atoms with van der Waals surface area (Å²) < 4.78 is 15.3. The van der Waals surface area contributed by atoms with Crippen LogP contribution in [-0.4, -0.2) is 11.3 Å². The van der Waals surface area contributed by atoms with Gasteiger partial charge in [-0.25, -0.2) is 0 Å². The minimum Gasteiger partial charge on any atom is -0.458 e. The van der Waals surface area contributed by atoms with Gasteiger partial charge in [0.1, 0.15) is 23.0 Å². The first kappa shape index (κ1) is 19.3. The van der Waals surface area contributed by atoms with E-state index < -0.39 is 0 Å². The van der Waals surface area contributed by atoms with Crippen LogP contribution in [0.3, 0.4) is 0 Å². The lowest BCUT2D eigenvalue weighted by Gasteiger charge is -2.33. The highest BCUT2D eigenvalue weighted by Crippen LogP contribution is 2.38. The van der Waals surface area contributed by atoms with Crippen molar-refractivity contribution in [1.29, 1.82) is 0 Å². The Hall–Kier alpha value is -4.18. The fourth-order valence-corrected chi connectivity index (χ4v) is 5.61. The summed E-state index contributed by atoms with van der Waals surface area (Å²) in [6.45, 7) is 4.33. The second-order valence-corrected chi connectivity index (χ2v) is 8.92. The minimum atomic E-state index is 0.0926. The lowest BCUT2D eigenvalue weighted by molar-refractivity contribution is 0.464. The molecule has 5 aromatic rings. The standard InChI is InChI=1S/C30H22BNO2/c1-3-10-21-19(2)32(25-14-7-4-11-22(21)25)20-17-28-30-29(18-20)34-27-16-9-6-13-24(27)31(30)23-12-5-8-15-26(23)33-28/h3-18H,1-2H3/b10-3-. The minimum absolute atomic E-state index is 0.0926. The summed E-state index contributed by atoms with van der Waals surface area (Å²) in [5, 5.41) is 1.24. The van der Waals surface area contributed by atoms with Crippen molar-refractivity contribution in [2.24, 2.45) is 0 Å². The van der Waals surface area contributed by atoms with Crippen molar-refractivity contribution in [3.05, 3.63) is 102 Å². The number of para-hydroxylation sites is 3. The highest BCUT2D eigenvalue weighted by molar-refractivity contribution is 6.98. The summed E-state index contributed by atoms with van der Waals surface area (Å²) in [4.78, 5) is 0. The monoisotopic (exact) mass is 439 g/mol. The van der Waals surface area contributed by atoms with Crippen LogP contribution in [0.25, 0.3) is 22.7 Å². The molecule has 0 radical (unpaired) electrons. The Kier molecular flexibility index (Phi) is 4.07. The van der Waals surface area contributed by atoms with Gasteiger partial charge in [-0.1, -0.05) is 66.7 Å². The van der Waals surface area contributed by atoms with Crippen LogP contribution in [0.5, 0.6) is 23.0 Å². The third kappa shape index (κ3) is 2.60. The molecule has 0 saturated heterocycles. The predicted octanol–water partition coefficient (Wildman–Crippen LogP) is 5.70. The molecular formula is C30H22BNO2. The van der Waals surface area contributed by atoms with Crippen LogP contribution in [0.4, 0.5) is 0 Å². The van der Waals surface area contributed by atoms with Gasteiger partial charge in [0.05, 0.1) is 11.2 Å². The zero-order valence-corrected chi connectivity index (χ0v) is 19.1. The summed E-state index contributed by atoms with van der Waals surface area (Å²) in [5.41, 5.74) is 8.09. The van der Waals surface area contributed by atoms with Crippen molar-refractivity contribution in [3.8, 4) is 28.7 Å². The van der Waals surface area contributed by atoms with E-state index in [4.69, 9.17) is 9.47 Å². The Bertz CT molecular complexity index is 1580. The maximum absolute atomic E-state index is 6.50. The summed E-state index contributed by atoms with van der Waals surface area (Å²) >= 11 is 0. The first-order valence-electron chi connectivity index (χ1n) is 11.7. The van der Waals surface area contributed by atoms with Crippen molar-refractivity contribution in [2.75, 3.05) is 0 Å². The third-order valence-corrected chi connectivity index (χ3v) is 7.03. The topological polar surface area (TPSA) is 23.4 Å². The van der Waals surface area contributed by atoms with E-state index in [0.717, 1.165) is 34.1 Å². The quantitative estimate of drug-likeness (QED) is 0.323. The van der Waals surface area contributed by atoms with Crippen LogP contribution in [-0.2, 0) is 0 Å². The van der Waals surface area contributed by atoms with Gasteiger partial charge in [0.25, 0.3) is 6.71 Å². The van der Waals surface area contributed by atoms with Crippen molar-refractivity contribution in [3.63, 3.8) is 0 Å². The van der Waals surface area contributed by atoms with E-state index in [1.54, 1.807) is 0 Å². The maximum Gasteiger partial charge on any atom is 0.260 e. The van der Waals surface area contributed by atoms with E-state index in [0.29, 0.717) is 0 Å². The third-order valence-electron chi connectivity index (χ3n) is 7.03. The van der Waals surface area contributed by atoms with Crippen LogP contribution in [0.15, 0.2) is 91.0 Å². The van der Waals surface area contributed by atoms with E-state index >= 15 is 0 Å². The lowest BCUT2D eigenvalue weighted by Crippen LogP contribution is -2.57. The number of benzene rings is 4. The molecule has 0 atom stereocenters. The second-order valence-electron chi connectivity index (χ2n) is 8.92. The molecule has 34 heavy (non-hydrogen) atoms. The number of allylic oxidation sites excluding steroid dienone is 1. The molecule has 0 amide bonds. The van der Waals surface area contributed by atoms with Gasteiger partial charge in [0.2, 0.25) is 0 Å². The van der Waals surface area contributed by atoms with Gasteiger partial charge in [-0.15, -0.1) is 0 Å². The first-order chi connectivity index (χ1) is 16.7. The van der Waals surface area contributed by atoms with Crippen LogP contribution in [0.1, 0.15) is 18.2 Å². The molecule has 4 heteroatoms. The van der Waals surface area contributed by atoms with Crippen molar-refractivity contribution < 1.29 is 9.47 Å². The maximum atomic E-state index is 6.50. The number of hydrogen-bond acceptors (Lipinski definition) is 2. The van der Waals surface area contributed by atoms with Gasteiger partial charge in [-0.2, -0.15) is 0 Å². The summed E-state index contributed by atoms with van der Waals surface area (Å²) in [7, 11) is 0. The highest BCUT2D eigenvalue weighted by atomic mass is 16.5. The average molecular weight is 439 g/mol. The molecule has 2 aliphatic rings. The highest BCUT2D eigenvalue weighted by Gasteiger charge is 2.40. The summed E-state index contributed by atoms with van der Waals surface area (Å²) in [5.74, 6) is 3.53. The van der Waals surface area contributed by atoms with Gasteiger partial charge in [0, 0.05) is 34.2 Å². The van der Waals surface area contributed by atoms with Gasteiger partial charge in [-0.05, 0) is 43.0 Å². The van der Waals surface area contributed by atoms with E-state index in [9.17, 15) is 0 Å². The van der Waals surface area contributed by atoms with E-state index in [1.165, 1.54) is 33.1 Å². The van der Waals surface area contributed by atoms with E-state index in [1.807, 2.05) is 12.1 Å². The number of ether oxygens (including phenoxy) is 2. The van der Waals surface area contributed by atoms with Gasteiger partial charge >= 0.3 is 0 Å². The molecule has 0 N–H and O–H groups in total. The number of fused-ring (bicyclic) bond motifs is 5. The lowest BCUT2D eigenvalue weighted by atomic mass is 9.35. The number of rotatable bonds is 2. The molecule has 0 bridgehead atoms. The zero-order chi connectivity index (χ0) is 22.8. The van der Waals surface area contributed by atoms with Crippen molar-refractivity contribution in [1.82, 2.24) is 4.57 Å². The normalized spacial score (nSPS) is 13.3. The van der Waals surface area contributed by atoms with Gasteiger partial charge < -0.3 is 14.0 Å². The first-order valence-corrected chi connectivity index (χ1v) is 11.7. The number of nitrogens with zero attached hydrogens (tertiary/aromatic N) is 1. The molecule has 4 aromatic carbocycles. The van der Waals surface area contributed by atoms with Crippen molar-refractivity contribution >= 4 is 40.1 Å². The molecule has 1 aromatic heterocycles. The number of aromatic nitrogens is 1. The molecule has 7 rings (SSSR count). The number of hydrogen-bond donors (Lipinski definition) is 0. The molecule has 162 valence electrons. The summed E-state index contributed by atoms with van der Waals surface area (Å²) in [6.07, 6.45) is 4.28. The zero-order valence-electron chi connectivity index (χ0n) is 19.1. The van der Waals surface area contributed by atoms with Crippen LogP contribution >= 0.6 is 0 Å². The summed E-state index contributed by atoms with van der Waals surface area (Å²) in [6, 6.07) is 29.6. The molecule has 3 heterocycles. The van der Waals surface area contributed by atoms with Crippen LogP contribution in [0.2, 0.25) is 0 Å². The molecule has 0 unspecified atom stereocenters. The Morgan fingerprint density at radius 2 is 1.32 bits per heavy atom. The van der Waals surface area contributed by atoms with E-state index in [-0.39, 0.29) is 6.71 Å². The Balaban J connectivity index is 1.52. The molecular weight excluding hydrogens is 417 g/mol. The molecule has 0 aliphatic carbocycles. The Morgan fingerprint density at radius 1 is 0.735 bits per heavy atom. The Morgan fingerprint density at radius 3 is 1.97 bits per heavy atom. The van der Waals surface area contributed by atoms with Gasteiger partial charge in [0.15, 0.2) is 0 Å². The van der Waals surface area contributed by atoms with Crippen molar-refractivity contribution in [2.45, 2.75) is 13.8 Å². The molecule has 3 nitrogen and oxygen atoms in total. The van der Waals surface area contributed by atoms with Crippen LogP contribution < -0.4 is 25.9 Å². The molecule has 2 aliphatic heterocycles. The van der Waals surface area contributed by atoms with Crippen LogP contribution in [0, 0.1) is 6.92 Å². The fraction of sp³-hybridized carbons (Fsp3) is 0.0667. The predicted molar refractivity (Wildman–Crippen MR) is 140 cm³/mol. The molecule has 0 fully saturated rings. The molecule has 0 spiro atoms. The Labute approximate surface area is 199 Å². The smallest absolute Gasteiger partial charge is 0.260 e. The van der Waals surface area contributed by atoms with E-state index in [2.05, 4.69) is 103 Å². The largest absolute Gasteiger partial charge is 0.458 e. The van der Waals surface area contributed by atoms with Gasteiger partial charge in [-0.3, -0.25) is 0 Å². The second kappa shape index (κ2) is 7.16. The SMILES string of the molecule is C/C=C\c1c(C)n(-c2cc3c4c(c2)Oc2ccccc2B4c2ccccc2O3)c2ccccc12.